The minimum absolute atomic E-state index is 0.00201. The SMILES string of the molecule is COC(=O)/C=C/C(=O)OC[C@H]1C(=O)N(C)CC(=O)N1C. The molecule has 1 saturated heterocycles. The maximum absolute atomic E-state index is 11.9. The van der Waals surface area contributed by atoms with E-state index in [2.05, 4.69) is 4.74 Å². The molecule has 1 atom stereocenters. The Hall–Kier alpha value is -2.38. The summed E-state index contributed by atoms with van der Waals surface area (Å²) in [4.78, 5) is 48.1. The van der Waals surface area contributed by atoms with Crippen molar-refractivity contribution >= 4 is 23.8 Å². The monoisotopic (exact) mass is 284 g/mol. The van der Waals surface area contributed by atoms with Crippen LogP contribution in [0.15, 0.2) is 12.2 Å². The zero-order valence-corrected chi connectivity index (χ0v) is 11.5. The second-order valence-corrected chi connectivity index (χ2v) is 4.20. The smallest absolute Gasteiger partial charge is 0.331 e. The van der Waals surface area contributed by atoms with Crippen molar-refractivity contribution in [1.82, 2.24) is 9.80 Å². The first-order valence-corrected chi connectivity index (χ1v) is 5.80. The molecule has 0 N–H and O–H groups in total. The highest BCUT2D eigenvalue weighted by Gasteiger charge is 2.36. The number of hydrogen-bond donors (Lipinski definition) is 0. The maximum Gasteiger partial charge on any atom is 0.331 e. The van der Waals surface area contributed by atoms with Gasteiger partial charge in [0.15, 0.2) is 0 Å². The zero-order chi connectivity index (χ0) is 15.3. The highest BCUT2D eigenvalue weighted by molar-refractivity contribution is 5.95. The fraction of sp³-hybridized carbons (Fsp3) is 0.500. The summed E-state index contributed by atoms with van der Waals surface area (Å²) in [5, 5.41) is 0. The summed E-state index contributed by atoms with van der Waals surface area (Å²) in [7, 11) is 4.14. The molecule has 0 aromatic carbocycles. The van der Waals surface area contributed by atoms with Crippen LogP contribution in [0.1, 0.15) is 0 Å². The second-order valence-electron chi connectivity index (χ2n) is 4.20. The molecule has 2 amide bonds. The van der Waals surface area contributed by atoms with Gasteiger partial charge in [0.25, 0.3) is 0 Å². The molecular weight excluding hydrogens is 268 g/mol. The maximum atomic E-state index is 11.9. The van der Waals surface area contributed by atoms with Crippen LogP contribution < -0.4 is 0 Å². The van der Waals surface area contributed by atoms with Crippen molar-refractivity contribution in [2.24, 2.45) is 0 Å². The van der Waals surface area contributed by atoms with E-state index in [4.69, 9.17) is 4.74 Å². The molecule has 0 radical (unpaired) electrons. The molecule has 8 nitrogen and oxygen atoms in total. The van der Waals surface area contributed by atoms with E-state index < -0.39 is 18.0 Å². The summed E-state index contributed by atoms with van der Waals surface area (Å²) in [6.07, 6.45) is 1.80. The quantitative estimate of drug-likeness (QED) is 0.463. The number of carbonyl (C=O) groups is 4. The van der Waals surface area contributed by atoms with Gasteiger partial charge < -0.3 is 19.3 Å². The van der Waals surface area contributed by atoms with Crippen LogP contribution in [0.2, 0.25) is 0 Å². The third-order valence-electron chi connectivity index (χ3n) is 2.83. The number of piperazine rings is 1. The van der Waals surface area contributed by atoms with Crippen molar-refractivity contribution in [1.29, 1.82) is 0 Å². The molecule has 0 bridgehead atoms. The van der Waals surface area contributed by atoms with Gasteiger partial charge in [0.1, 0.15) is 12.6 Å². The van der Waals surface area contributed by atoms with Gasteiger partial charge in [0.05, 0.1) is 13.7 Å². The molecule has 0 aliphatic carbocycles. The van der Waals surface area contributed by atoms with Crippen LogP contribution in [0.3, 0.4) is 0 Å². The predicted octanol–water partition coefficient (Wildman–Crippen LogP) is -1.44. The third kappa shape index (κ3) is 3.81. The standard InChI is InChI=1S/C12H16N2O6/c1-13-6-9(15)14(2)8(12(13)18)7-20-11(17)5-4-10(16)19-3/h4-5,8H,6-7H2,1-3H3/b5-4+/t8-/m0/s1. The number of likely N-dealkylation sites (N-methyl/N-ethyl adjacent to an activating group) is 2. The first kappa shape index (κ1) is 15.7. The normalized spacial score (nSPS) is 19.4. The number of methoxy groups -OCH3 is 1. The molecule has 1 fully saturated rings. The highest BCUT2D eigenvalue weighted by Crippen LogP contribution is 2.09. The molecule has 20 heavy (non-hydrogen) atoms. The lowest BCUT2D eigenvalue weighted by Crippen LogP contribution is -2.58. The number of carbonyl (C=O) groups excluding carboxylic acids is 4. The van der Waals surface area contributed by atoms with E-state index in [0.29, 0.717) is 0 Å². The van der Waals surface area contributed by atoms with Gasteiger partial charge in [-0.05, 0) is 0 Å². The number of ether oxygens (including phenoxy) is 2. The Morgan fingerprint density at radius 1 is 1.25 bits per heavy atom. The summed E-state index contributed by atoms with van der Waals surface area (Å²) in [5.74, 6) is -2.03. The minimum atomic E-state index is -0.850. The van der Waals surface area contributed by atoms with Crippen molar-refractivity contribution < 1.29 is 28.7 Å². The van der Waals surface area contributed by atoms with Crippen molar-refractivity contribution in [3.8, 4) is 0 Å². The van der Waals surface area contributed by atoms with E-state index in [9.17, 15) is 19.2 Å². The van der Waals surface area contributed by atoms with Crippen LogP contribution in [-0.4, -0.2) is 74.0 Å². The van der Waals surface area contributed by atoms with Crippen molar-refractivity contribution in [3.63, 3.8) is 0 Å². The lowest BCUT2D eigenvalue weighted by molar-refractivity contribution is -0.158. The molecular formula is C12H16N2O6. The Labute approximate surface area is 115 Å². The molecule has 0 aromatic heterocycles. The first-order valence-electron chi connectivity index (χ1n) is 5.80. The van der Waals surface area contributed by atoms with Gasteiger partial charge in [-0.25, -0.2) is 9.59 Å². The summed E-state index contributed by atoms with van der Waals surface area (Å²) < 4.78 is 9.15. The molecule has 0 unspecified atom stereocenters. The Morgan fingerprint density at radius 2 is 1.85 bits per heavy atom. The number of hydrogen-bond acceptors (Lipinski definition) is 6. The predicted molar refractivity (Wildman–Crippen MR) is 66.3 cm³/mol. The van der Waals surface area contributed by atoms with Gasteiger partial charge in [-0.1, -0.05) is 0 Å². The summed E-state index contributed by atoms with van der Waals surface area (Å²) >= 11 is 0. The Kier molecular flexibility index (Phi) is 5.24. The summed E-state index contributed by atoms with van der Waals surface area (Å²) in [6.45, 7) is -0.266. The van der Waals surface area contributed by atoms with Crippen LogP contribution in [0, 0.1) is 0 Å². The average molecular weight is 284 g/mol. The largest absolute Gasteiger partial charge is 0.466 e. The third-order valence-corrected chi connectivity index (χ3v) is 2.83. The number of nitrogens with zero attached hydrogens (tertiary/aromatic N) is 2. The number of esters is 2. The van der Waals surface area contributed by atoms with Gasteiger partial charge in [-0.15, -0.1) is 0 Å². The second kappa shape index (κ2) is 6.69. The molecule has 1 rings (SSSR count). The van der Waals surface area contributed by atoms with Gasteiger partial charge in [0, 0.05) is 26.2 Å². The van der Waals surface area contributed by atoms with Crippen LogP contribution in [0.4, 0.5) is 0 Å². The topological polar surface area (TPSA) is 93.2 Å². The molecule has 0 saturated carbocycles. The number of amides is 2. The van der Waals surface area contributed by atoms with Gasteiger partial charge in [-0.2, -0.15) is 0 Å². The van der Waals surface area contributed by atoms with E-state index in [-0.39, 0.29) is 25.0 Å². The fourth-order valence-corrected chi connectivity index (χ4v) is 1.58. The zero-order valence-electron chi connectivity index (χ0n) is 11.5. The molecule has 0 spiro atoms. The Bertz CT molecular complexity index is 459. The lowest BCUT2D eigenvalue weighted by atomic mass is 10.2. The molecule has 0 aromatic rings. The van der Waals surface area contributed by atoms with E-state index >= 15 is 0 Å². The Balaban J connectivity index is 2.57. The molecule has 1 heterocycles. The van der Waals surface area contributed by atoms with E-state index in [1.807, 2.05) is 0 Å². The van der Waals surface area contributed by atoms with Crippen LogP contribution in [0.5, 0.6) is 0 Å². The average Bonchev–Trinajstić information content (AvgIpc) is 2.42. The minimum Gasteiger partial charge on any atom is -0.466 e. The lowest BCUT2D eigenvalue weighted by Gasteiger charge is -2.35. The van der Waals surface area contributed by atoms with E-state index in [0.717, 1.165) is 12.2 Å². The Morgan fingerprint density at radius 3 is 2.45 bits per heavy atom. The highest BCUT2D eigenvalue weighted by atomic mass is 16.5. The molecule has 110 valence electrons. The number of rotatable bonds is 4. The molecule has 8 heteroatoms. The van der Waals surface area contributed by atoms with Crippen LogP contribution >= 0.6 is 0 Å². The van der Waals surface area contributed by atoms with Crippen LogP contribution in [-0.2, 0) is 28.7 Å². The van der Waals surface area contributed by atoms with E-state index in [1.165, 1.54) is 31.0 Å². The first-order chi connectivity index (χ1) is 9.36. The summed E-state index contributed by atoms with van der Waals surface area (Å²) in [5.41, 5.74) is 0. The molecule has 1 aliphatic rings. The summed E-state index contributed by atoms with van der Waals surface area (Å²) in [6, 6.07) is -0.850. The molecule has 1 aliphatic heterocycles. The van der Waals surface area contributed by atoms with Crippen molar-refractivity contribution in [2.45, 2.75) is 6.04 Å². The fourth-order valence-electron chi connectivity index (χ4n) is 1.58. The van der Waals surface area contributed by atoms with Crippen molar-refractivity contribution in [3.05, 3.63) is 12.2 Å². The van der Waals surface area contributed by atoms with Gasteiger partial charge in [-0.3, -0.25) is 9.59 Å². The van der Waals surface area contributed by atoms with Crippen molar-refractivity contribution in [2.75, 3.05) is 34.4 Å². The van der Waals surface area contributed by atoms with Crippen LogP contribution in [0.25, 0.3) is 0 Å². The van der Waals surface area contributed by atoms with Gasteiger partial charge >= 0.3 is 11.9 Å². The van der Waals surface area contributed by atoms with E-state index in [1.54, 1.807) is 0 Å². The van der Waals surface area contributed by atoms with Gasteiger partial charge in [0.2, 0.25) is 11.8 Å².